The third kappa shape index (κ3) is 3.33. The van der Waals surface area contributed by atoms with Crippen LogP contribution >= 0.6 is 0 Å². The lowest BCUT2D eigenvalue weighted by Gasteiger charge is -2.38. The van der Waals surface area contributed by atoms with Gasteiger partial charge in [0.25, 0.3) is 0 Å². The first kappa shape index (κ1) is 13.3. The van der Waals surface area contributed by atoms with Crippen molar-refractivity contribution in [2.75, 3.05) is 33.2 Å². The van der Waals surface area contributed by atoms with Crippen molar-refractivity contribution in [2.45, 2.75) is 6.92 Å². The zero-order valence-corrected chi connectivity index (χ0v) is 9.97. The van der Waals surface area contributed by atoms with E-state index in [0.29, 0.717) is 6.54 Å². The van der Waals surface area contributed by atoms with Crippen LogP contribution in [0, 0.1) is 5.92 Å². The number of carboxylic acid groups (broad SMARTS) is 1. The number of likely N-dealkylation sites (tertiary alicyclic amines) is 1. The van der Waals surface area contributed by atoms with Crippen LogP contribution in [-0.4, -0.2) is 66.0 Å². The molecule has 7 heteroatoms. The third-order valence-corrected chi connectivity index (χ3v) is 2.58. The molecule has 96 valence electrons. The molecule has 1 aliphatic heterocycles. The number of aliphatic carboxylic acids is 1. The number of carbonyl (C=O) groups excluding carboxylic acids is 2. The monoisotopic (exact) mass is 243 g/mol. The van der Waals surface area contributed by atoms with E-state index in [4.69, 9.17) is 5.11 Å². The predicted octanol–water partition coefficient (Wildman–Crippen LogP) is -0.809. The molecule has 0 radical (unpaired) electrons. The van der Waals surface area contributed by atoms with E-state index >= 15 is 0 Å². The lowest BCUT2D eigenvalue weighted by Crippen LogP contribution is -2.57. The van der Waals surface area contributed by atoms with Crippen LogP contribution in [0.1, 0.15) is 6.92 Å². The number of likely N-dealkylation sites (N-methyl/N-ethyl adjacent to an activating group) is 2. The Balaban J connectivity index is 2.34. The van der Waals surface area contributed by atoms with E-state index in [-0.39, 0.29) is 31.6 Å². The van der Waals surface area contributed by atoms with Crippen molar-refractivity contribution in [2.24, 2.45) is 5.92 Å². The Hall–Kier alpha value is -1.79. The lowest BCUT2D eigenvalue weighted by molar-refractivity contribution is -0.146. The summed E-state index contributed by atoms with van der Waals surface area (Å²) in [5, 5.41) is 11.3. The van der Waals surface area contributed by atoms with Gasteiger partial charge in [0.2, 0.25) is 5.91 Å². The quantitative estimate of drug-likeness (QED) is 0.675. The van der Waals surface area contributed by atoms with E-state index in [1.54, 1.807) is 6.92 Å². The fourth-order valence-electron chi connectivity index (χ4n) is 1.57. The molecule has 3 amide bonds. The molecular formula is C10H17N3O4. The van der Waals surface area contributed by atoms with E-state index in [0.717, 1.165) is 0 Å². The Kier molecular flexibility index (Phi) is 4.30. The summed E-state index contributed by atoms with van der Waals surface area (Å²) >= 11 is 0. The van der Waals surface area contributed by atoms with Gasteiger partial charge in [-0.1, -0.05) is 0 Å². The van der Waals surface area contributed by atoms with Gasteiger partial charge in [-0.2, -0.15) is 0 Å². The number of rotatable bonds is 4. The van der Waals surface area contributed by atoms with E-state index in [2.05, 4.69) is 5.32 Å². The first-order chi connectivity index (χ1) is 7.95. The van der Waals surface area contributed by atoms with Gasteiger partial charge in [-0.15, -0.1) is 0 Å². The highest BCUT2D eigenvalue weighted by Crippen LogP contribution is 2.16. The molecule has 0 aromatic rings. The highest BCUT2D eigenvalue weighted by Gasteiger charge is 2.36. The molecule has 0 aliphatic carbocycles. The molecule has 0 saturated carbocycles. The van der Waals surface area contributed by atoms with E-state index in [1.807, 2.05) is 0 Å². The summed E-state index contributed by atoms with van der Waals surface area (Å²) in [5.74, 6) is -1.59. The van der Waals surface area contributed by atoms with Crippen molar-refractivity contribution in [3.8, 4) is 0 Å². The number of amides is 3. The zero-order valence-electron chi connectivity index (χ0n) is 9.97. The van der Waals surface area contributed by atoms with Gasteiger partial charge in [0, 0.05) is 26.7 Å². The van der Waals surface area contributed by atoms with Crippen LogP contribution in [0.25, 0.3) is 0 Å². The lowest BCUT2D eigenvalue weighted by atomic mass is 10.0. The van der Waals surface area contributed by atoms with Crippen molar-refractivity contribution < 1.29 is 19.5 Å². The second-order valence-electron chi connectivity index (χ2n) is 4.03. The molecule has 0 aromatic heterocycles. The predicted molar refractivity (Wildman–Crippen MR) is 59.4 cm³/mol. The molecule has 0 atom stereocenters. The minimum Gasteiger partial charge on any atom is -0.481 e. The first-order valence-corrected chi connectivity index (χ1v) is 5.45. The molecule has 1 fully saturated rings. The molecule has 1 rings (SSSR count). The molecule has 0 unspecified atom stereocenters. The molecule has 1 aliphatic rings. The third-order valence-electron chi connectivity index (χ3n) is 2.58. The average Bonchev–Trinajstić information content (AvgIpc) is 2.14. The number of hydrogen-bond donors (Lipinski definition) is 2. The minimum atomic E-state index is -0.888. The number of hydrogen-bond acceptors (Lipinski definition) is 3. The summed E-state index contributed by atoms with van der Waals surface area (Å²) in [6.07, 6.45) is 0. The van der Waals surface area contributed by atoms with Gasteiger partial charge in [0.05, 0.1) is 5.92 Å². The normalized spacial score (nSPS) is 15.1. The van der Waals surface area contributed by atoms with Crippen LogP contribution in [0.15, 0.2) is 0 Å². The fraction of sp³-hybridized carbons (Fsp3) is 0.700. The van der Waals surface area contributed by atoms with Gasteiger partial charge >= 0.3 is 12.0 Å². The van der Waals surface area contributed by atoms with Crippen molar-refractivity contribution >= 4 is 17.9 Å². The Labute approximate surface area is 99.4 Å². The maximum Gasteiger partial charge on any atom is 0.320 e. The molecule has 1 heterocycles. The van der Waals surface area contributed by atoms with Gasteiger partial charge in [-0.25, -0.2) is 4.79 Å². The summed E-state index contributed by atoms with van der Waals surface area (Å²) in [4.78, 5) is 36.2. The fourth-order valence-corrected chi connectivity index (χ4v) is 1.57. The zero-order chi connectivity index (χ0) is 13.0. The van der Waals surface area contributed by atoms with Crippen LogP contribution in [-0.2, 0) is 9.59 Å². The van der Waals surface area contributed by atoms with Crippen molar-refractivity contribution in [3.63, 3.8) is 0 Å². The van der Waals surface area contributed by atoms with Crippen molar-refractivity contribution in [1.29, 1.82) is 0 Å². The van der Waals surface area contributed by atoms with Crippen molar-refractivity contribution in [3.05, 3.63) is 0 Å². The molecular weight excluding hydrogens is 226 g/mol. The number of carboxylic acids is 1. The van der Waals surface area contributed by atoms with E-state index in [1.165, 1.54) is 16.8 Å². The number of urea groups is 1. The maximum absolute atomic E-state index is 11.7. The Morgan fingerprint density at radius 2 is 2.00 bits per heavy atom. The maximum atomic E-state index is 11.7. The number of carbonyl (C=O) groups is 3. The van der Waals surface area contributed by atoms with Crippen LogP contribution < -0.4 is 5.32 Å². The molecule has 2 N–H and O–H groups in total. The van der Waals surface area contributed by atoms with Crippen LogP contribution in [0.5, 0.6) is 0 Å². The minimum absolute atomic E-state index is 0.0130. The Bertz CT molecular complexity index is 326. The standard InChI is InChI=1S/C10H17N3O4/c1-3-11-8(14)6-12(2)10(17)13-4-7(5-13)9(15)16/h7H,3-6H2,1-2H3,(H,11,14)(H,15,16). The summed E-state index contributed by atoms with van der Waals surface area (Å²) in [6, 6.07) is -0.311. The molecule has 0 spiro atoms. The smallest absolute Gasteiger partial charge is 0.320 e. The second-order valence-corrected chi connectivity index (χ2v) is 4.03. The van der Waals surface area contributed by atoms with Gasteiger partial charge in [0.15, 0.2) is 0 Å². The summed E-state index contributed by atoms with van der Waals surface area (Å²) in [6.45, 7) is 2.74. The topological polar surface area (TPSA) is 90.0 Å². The highest BCUT2D eigenvalue weighted by molar-refractivity contribution is 5.85. The second kappa shape index (κ2) is 5.51. The van der Waals surface area contributed by atoms with Gasteiger partial charge in [-0.05, 0) is 6.92 Å². The number of nitrogens with one attached hydrogen (secondary N) is 1. The molecule has 0 bridgehead atoms. The SMILES string of the molecule is CCNC(=O)CN(C)C(=O)N1CC(C(=O)O)C1. The van der Waals surface area contributed by atoms with Crippen LogP contribution in [0.3, 0.4) is 0 Å². The molecule has 1 saturated heterocycles. The van der Waals surface area contributed by atoms with Gasteiger partial charge < -0.3 is 20.2 Å². The van der Waals surface area contributed by atoms with E-state index in [9.17, 15) is 14.4 Å². The molecule has 17 heavy (non-hydrogen) atoms. The molecule has 0 aromatic carbocycles. The van der Waals surface area contributed by atoms with Crippen molar-refractivity contribution in [1.82, 2.24) is 15.1 Å². The largest absolute Gasteiger partial charge is 0.481 e. The number of nitrogens with zero attached hydrogens (tertiary/aromatic N) is 2. The summed E-state index contributed by atoms with van der Waals surface area (Å²) in [7, 11) is 1.52. The highest BCUT2D eigenvalue weighted by atomic mass is 16.4. The summed E-state index contributed by atoms with van der Waals surface area (Å²) < 4.78 is 0. The first-order valence-electron chi connectivity index (χ1n) is 5.45. The average molecular weight is 243 g/mol. The van der Waals surface area contributed by atoms with Gasteiger partial charge in [0.1, 0.15) is 6.54 Å². The Morgan fingerprint density at radius 1 is 1.41 bits per heavy atom. The van der Waals surface area contributed by atoms with E-state index < -0.39 is 11.9 Å². The van der Waals surface area contributed by atoms with Crippen LogP contribution in [0.4, 0.5) is 4.79 Å². The molecule has 7 nitrogen and oxygen atoms in total. The van der Waals surface area contributed by atoms with Gasteiger partial charge in [-0.3, -0.25) is 9.59 Å². The summed E-state index contributed by atoms with van der Waals surface area (Å²) in [5.41, 5.74) is 0. The Morgan fingerprint density at radius 3 is 2.47 bits per heavy atom. The van der Waals surface area contributed by atoms with Crippen LogP contribution in [0.2, 0.25) is 0 Å².